The Kier molecular flexibility index (Phi) is 3.88. The van der Waals surface area contributed by atoms with Crippen LogP contribution in [0.3, 0.4) is 0 Å². The van der Waals surface area contributed by atoms with E-state index in [1.165, 1.54) is 7.11 Å². The molecule has 130 valence electrons. The van der Waals surface area contributed by atoms with Crippen molar-refractivity contribution in [1.82, 2.24) is 0 Å². The van der Waals surface area contributed by atoms with Crippen LogP contribution in [0.5, 0.6) is 5.75 Å². The van der Waals surface area contributed by atoms with E-state index in [4.69, 9.17) is 9.47 Å². The number of carboxylic acids is 1. The molecule has 3 heterocycles. The van der Waals surface area contributed by atoms with Gasteiger partial charge in [-0.2, -0.15) is 11.3 Å². The van der Waals surface area contributed by atoms with Crippen LogP contribution in [0.1, 0.15) is 28.8 Å². The van der Waals surface area contributed by atoms with Gasteiger partial charge in [-0.1, -0.05) is 0 Å². The zero-order valence-electron chi connectivity index (χ0n) is 13.7. The maximum atomic E-state index is 12.1. The maximum absolute atomic E-state index is 12.1. The Bertz CT molecular complexity index is 859. The molecule has 1 N–H and O–H groups in total. The number of carbonyl (C=O) groups is 2. The Hall–Kier alpha value is -2.54. The van der Waals surface area contributed by atoms with E-state index in [9.17, 15) is 14.7 Å². The van der Waals surface area contributed by atoms with Crippen LogP contribution in [0.25, 0.3) is 11.1 Å². The zero-order chi connectivity index (χ0) is 17.6. The molecule has 1 aromatic carbocycles. The number of hydrogen-bond donors (Lipinski definition) is 1. The molecular formula is C18H17NO5S. The molecule has 0 radical (unpaired) electrons. The summed E-state index contributed by atoms with van der Waals surface area (Å²) in [6.45, 7) is 1.08. The first kappa shape index (κ1) is 16.0. The fourth-order valence-electron chi connectivity index (χ4n) is 3.57. The van der Waals surface area contributed by atoms with Crippen molar-refractivity contribution >= 4 is 29.0 Å². The van der Waals surface area contributed by atoms with E-state index in [-0.39, 0.29) is 11.5 Å². The second kappa shape index (κ2) is 6.07. The quantitative estimate of drug-likeness (QED) is 0.849. The molecule has 4 rings (SSSR count). The Morgan fingerprint density at radius 3 is 2.92 bits per heavy atom. The van der Waals surface area contributed by atoms with Crippen molar-refractivity contribution < 1.29 is 24.2 Å². The third-order valence-corrected chi connectivity index (χ3v) is 5.57. The molecule has 0 aliphatic carbocycles. The highest BCUT2D eigenvalue weighted by molar-refractivity contribution is 7.08. The summed E-state index contributed by atoms with van der Waals surface area (Å²) in [6, 6.07) is 2.95. The summed E-state index contributed by atoms with van der Waals surface area (Å²) in [5.74, 6) is -0.704. The first-order valence-electron chi connectivity index (χ1n) is 8.04. The number of nitrogens with zero attached hydrogens (tertiary/aromatic N) is 1. The van der Waals surface area contributed by atoms with Gasteiger partial charge in [-0.3, -0.25) is 0 Å². The van der Waals surface area contributed by atoms with Gasteiger partial charge < -0.3 is 19.5 Å². The van der Waals surface area contributed by atoms with Crippen LogP contribution in [0.4, 0.5) is 5.69 Å². The van der Waals surface area contributed by atoms with Crippen molar-refractivity contribution in [1.29, 1.82) is 0 Å². The minimum Gasteiger partial charge on any atom is -0.488 e. The first-order chi connectivity index (χ1) is 12.1. The lowest BCUT2D eigenvalue weighted by Crippen LogP contribution is -2.37. The van der Waals surface area contributed by atoms with Crippen molar-refractivity contribution in [3.8, 4) is 16.9 Å². The standard InChI is InChI=1S/C18H17NO5S/c1-23-18(22)14-3-2-4-19(14)15-6-16-11(5-12(15)17(20)21)13-9-25-8-10(13)7-24-16/h5-6,8-9,14H,2-4,7H2,1H3,(H,20,21)/t14-/m0/s1. The van der Waals surface area contributed by atoms with Crippen molar-refractivity contribution in [3.05, 3.63) is 34.0 Å². The number of esters is 1. The number of thiophene rings is 1. The largest absolute Gasteiger partial charge is 0.488 e. The van der Waals surface area contributed by atoms with Gasteiger partial charge in [-0.05, 0) is 29.7 Å². The SMILES string of the molecule is COC(=O)[C@@H]1CCCN1c1cc2c(cc1C(=O)O)-c1cscc1CO2. The normalized spacial score (nSPS) is 18.3. The predicted molar refractivity (Wildman–Crippen MR) is 93.4 cm³/mol. The van der Waals surface area contributed by atoms with E-state index in [0.29, 0.717) is 31.0 Å². The number of anilines is 1. The summed E-state index contributed by atoms with van der Waals surface area (Å²) >= 11 is 1.57. The van der Waals surface area contributed by atoms with Crippen LogP contribution >= 0.6 is 11.3 Å². The summed E-state index contributed by atoms with van der Waals surface area (Å²) in [6.07, 6.45) is 1.46. The molecule has 2 aliphatic heterocycles. The molecule has 0 bridgehead atoms. The fourth-order valence-corrected chi connectivity index (χ4v) is 4.41. The van der Waals surface area contributed by atoms with Crippen LogP contribution < -0.4 is 9.64 Å². The van der Waals surface area contributed by atoms with E-state index in [2.05, 4.69) is 0 Å². The number of methoxy groups -OCH3 is 1. The summed E-state index contributed by atoms with van der Waals surface area (Å²) in [5, 5.41) is 13.8. The number of carboxylic acid groups (broad SMARTS) is 1. The minimum atomic E-state index is -1.02. The Balaban J connectivity index is 1.84. The number of rotatable bonds is 3. The number of aromatic carboxylic acids is 1. The van der Waals surface area contributed by atoms with E-state index in [0.717, 1.165) is 23.1 Å². The Morgan fingerprint density at radius 1 is 1.32 bits per heavy atom. The molecule has 1 saturated heterocycles. The molecule has 0 amide bonds. The molecule has 1 fully saturated rings. The smallest absolute Gasteiger partial charge is 0.337 e. The number of fused-ring (bicyclic) bond motifs is 3. The highest BCUT2D eigenvalue weighted by atomic mass is 32.1. The van der Waals surface area contributed by atoms with Gasteiger partial charge >= 0.3 is 11.9 Å². The molecule has 1 aromatic heterocycles. The van der Waals surface area contributed by atoms with Crippen LogP contribution in [0.15, 0.2) is 22.9 Å². The van der Waals surface area contributed by atoms with Crippen LogP contribution in [-0.4, -0.2) is 36.7 Å². The van der Waals surface area contributed by atoms with Gasteiger partial charge in [-0.25, -0.2) is 9.59 Å². The molecule has 2 aromatic rings. The highest BCUT2D eigenvalue weighted by Gasteiger charge is 2.35. The van der Waals surface area contributed by atoms with Crippen LogP contribution in [0.2, 0.25) is 0 Å². The summed E-state index contributed by atoms with van der Waals surface area (Å²) in [5.41, 5.74) is 3.56. The van der Waals surface area contributed by atoms with Crippen molar-refractivity contribution in [2.45, 2.75) is 25.5 Å². The van der Waals surface area contributed by atoms with Gasteiger partial charge in [0.2, 0.25) is 0 Å². The highest BCUT2D eigenvalue weighted by Crippen LogP contribution is 2.44. The van der Waals surface area contributed by atoms with Crippen LogP contribution in [-0.2, 0) is 16.1 Å². The minimum absolute atomic E-state index is 0.178. The van der Waals surface area contributed by atoms with E-state index < -0.39 is 12.0 Å². The summed E-state index contributed by atoms with van der Waals surface area (Å²) < 4.78 is 10.7. The van der Waals surface area contributed by atoms with Crippen molar-refractivity contribution in [2.24, 2.45) is 0 Å². The third kappa shape index (κ3) is 2.55. The lowest BCUT2D eigenvalue weighted by atomic mass is 9.97. The molecule has 1 atom stereocenters. The Labute approximate surface area is 148 Å². The number of hydrogen-bond acceptors (Lipinski definition) is 6. The number of benzene rings is 1. The van der Waals surface area contributed by atoms with Gasteiger partial charge in [0, 0.05) is 29.3 Å². The average molecular weight is 359 g/mol. The van der Waals surface area contributed by atoms with Gasteiger partial charge in [-0.15, -0.1) is 0 Å². The van der Waals surface area contributed by atoms with Gasteiger partial charge in [0.1, 0.15) is 18.4 Å². The maximum Gasteiger partial charge on any atom is 0.337 e. The molecular weight excluding hydrogens is 342 g/mol. The van der Waals surface area contributed by atoms with Crippen molar-refractivity contribution in [3.63, 3.8) is 0 Å². The molecule has 0 saturated carbocycles. The Morgan fingerprint density at radius 2 is 2.16 bits per heavy atom. The molecule has 7 heteroatoms. The van der Waals surface area contributed by atoms with Crippen molar-refractivity contribution in [2.75, 3.05) is 18.6 Å². The molecule has 6 nitrogen and oxygen atoms in total. The topological polar surface area (TPSA) is 76.1 Å². The molecule has 0 spiro atoms. The average Bonchev–Trinajstić information content (AvgIpc) is 3.28. The zero-order valence-corrected chi connectivity index (χ0v) is 14.5. The monoisotopic (exact) mass is 359 g/mol. The third-order valence-electron chi connectivity index (χ3n) is 4.78. The summed E-state index contributed by atoms with van der Waals surface area (Å²) in [4.78, 5) is 25.8. The predicted octanol–water partition coefficient (Wildman–Crippen LogP) is 3.15. The van der Waals surface area contributed by atoms with Gasteiger partial charge in [0.05, 0.1) is 18.4 Å². The number of ether oxygens (including phenoxy) is 2. The fraction of sp³-hybridized carbons (Fsp3) is 0.333. The van der Waals surface area contributed by atoms with Gasteiger partial charge in [0.15, 0.2) is 0 Å². The first-order valence-corrected chi connectivity index (χ1v) is 8.98. The van der Waals surface area contributed by atoms with Crippen LogP contribution in [0, 0.1) is 0 Å². The molecule has 0 unspecified atom stereocenters. The van der Waals surface area contributed by atoms with E-state index in [1.54, 1.807) is 23.5 Å². The lowest BCUT2D eigenvalue weighted by Gasteiger charge is -2.28. The number of carbonyl (C=O) groups excluding carboxylic acids is 1. The second-order valence-electron chi connectivity index (χ2n) is 6.14. The second-order valence-corrected chi connectivity index (χ2v) is 6.89. The molecule has 25 heavy (non-hydrogen) atoms. The van der Waals surface area contributed by atoms with E-state index >= 15 is 0 Å². The van der Waals surface area contributed by atoms with Gasteiger partial charge in [0.25, 0.3) is 0 Å². The lowest BCUT2D eigenvalue weighted by molar-refractivity contribution is -0.141. The molecule has 2 aliphatic rings. The van der Waals surface area contributed by atoms with E-state index in [1.807, 2.05) is 15.7 Å². The summed E-state index contributed by atoms with van der Waals surface area (Å²) in [7, 11) is 1.35.